The van der Waals surface area contributed by atoms with E-state index in [1.165, 1.54) is 34.8 Å². The number of hydrogen-bond acceptors (Lipinski definition) is 8. The molecule has 4 aromatic heterocycles. The molecule has 2 aliphatic carbocycles. The van der Waals surface area contributed by atoms with Crippen LogP contribution in [0.25, 0.3) is 29.3 Å². The molecule has 34 heavy (non-hydrogen) atoms. The number of fused-ring (bicyclic) bond motifs is 2. The fraction of sp³-hybridized carbons (Fsp3) is 0.0909. The van der Waals surface area contributed by atoms with Crippen molar-refractivity contribution in [2.45, 2.75) is 11.8 Å². The maximum Gasteiger partial charge on any atom is 0.372 e. The van der Waals surface area contributed by atoms with Gasteiger partial charge in [0.25, 0.3) is 11.6 Å². The van der Waals surface area contributed by atoms with Crippen molar-refractivity contribution in [3.05, 3.63) is 57.3 Å². The normalized spacial score (nSPS) is 18.1. The van der Waals surface area contributed by atoms with Crippen LogP contribution in [0.3, 0.4) is 0 Å². The average molecular weight is 539 g/mol. The van der Waals surface area contributed by atoms with Gasteiger partial charge in [0.15, 0.2) is 0 Å². The van der Waals surface area contributed by atoms with Crippen LogP contribution in [0, 0.1) is 0 Å². The Morgan fingerprint density at radius 3 is 1.12 bits per heavy atom. The number of thiophene rings is 4. The van der Waals surface area contributed by atoms with Crippen molar-refractivity contribution in [1.82, 2.24) is 0 Å². The monoisotopic (exact) mass is 538 g/mol. The zero-order chi connectivity index (χ0) is 24.2. The summed E-state index contributed by atoms with van der Waals surface area (Å²) < 4.78 is 54.5. The maximum absolute atomic E-state index is 13.6. The molecule has 0 fully saturated rings. The minimum Gasteiger partial charge on any atom is -0.287 e. The van der Waals surface area contributed by atoms with Crippen molar-refractivity contribution in [3.8, 4) is 29.3 Å². The summed E-state index contributed by atoms with van der Waals surface area (Å²) in [5, 5.41) is 0. The van der Waals surface area contributed by atoms with Crippen LogP contribution in [-0.4, -0.2) is 35.0 Å². The lowest BCUT2D eigenvalue weighted by Crippen LogP contribution is -2.30. The predicted molar refractivity (Wildman–Crippen MR) is 121 cm³/mol. The van der Waals surface area contributed by atoms with Crippen LogP contribution in [0.1, 0.15) is 40.1 Å². The molecule has 4 aromatic rings. The van der Waals surface area contributed by atoms with E-state index in [0.717, 1.165) is 32.4 Å². The fourth-order valence-electron chi connectivity index (χ4n) is 3.73. The van der Waals surface area contributed by atoms with Crippen molar-refractivity contribution in [2.24, 2.45) is 0 Å². The number of rotatable bonds is 3. The van der Waals surface area contributed by atoms with E-state index in [0.29, 0.717) is 19.5 Å². The Hall–Kier alpha value is -2.80. The lowest BCUT2D eigenvalue weighted by Gasteiger charge is -2.03. The summed E-state index contributed by atoms with van der Waals surface area (Å²) in [6.45, 7) is 0. The predicted octanol–water partition coefficient (Wildman–Crippen LogP) is 6.96. The van der Waals surface area contributed by atoms with Gasteiger partial charge in [0.05, 0.1) is 9.75 Å². The van der Waals surface area contributed by atoms with Crippen LogP contribution in [0.4, 0.5) is 17.6 Å². The molecule has 0 saturated heterocycles. The van der Waals surface area contributed by atoms with Gasteiger partial charge in [0, 0.05) is 40.4 Å². The first-order valence-electron chi connectivity index (χ1n) is 9.43. The summed E-state index contributed by atoms with van der Waals surface area (Å²) in [4.78, 5) is 50.9. The SMILES string of the molecule is O=C1c2cc(-c3ccc(-c4ccc(-c5cc6c(s5)C(=O)C(F)(F)C6=O)s4)s3)sc2C(=O)C1(F)F. The molecule has 0 N–H and O–H groups in total. The van der Waals surface area contributed by atoms with Gasteiger partial charge in [-0.2, -0.15) is 17.6 Å². The number of hydrogen-bond donors (Lipinski definition) is 0. The van der Waals surface area contributed by atoms with Gasteiger partial charge in [-0.25, -0.2) is 0 Å². The highest BCUT2D eigenvalue weighted by Gasteiger charge is 2.57. The van der Waals surface area contributed by atoms with Gasteiger partial charge in [-0.1, -0.05) is 0 Å². The molecule has 0 saturated carbocycles. The molecule has 0 aromatic carbocycles. The topological polar surface area (TPSA) is 68.3 Å². The molecule has 0 bridgehead atoms. The van der Waals surface area contributed by atoms with E-state index in [9.17, 15) is 36.7 Å². The molecule has 0 aliphatic heterocycles. The summed E-state index contributed by atoms with van der Waals surface area (Å²) in [5.74, 6) is -13.9. The number of carbonyl (C=O) groups excluding carboxylic acids is 4. The number of ketones is 4. The molecule has 4 heterocycles. The zero-order valence-corrected chi connectivity index (χ0v) is 19.5. The molecular weight excluding hydrogens is 532 g/mol. The molecule has 0 atom stereocenters. The van der Waals surface area contributed by atoms with Crippen molar-refractivity contribution >= 4 is 68.5 Å². The molecule has 0 unspecified atom stereocenters. The van der Waals surface area contributed by atoms with E-state index in [-0.39, 0.29) is 20.9 Å². The van der Waals surface area contributed by atoms with Gasteiger partial charge < -0.3 is 0 Å². The van der Waals surface area contributed by atoms with Crippen molar-refractivity contribution in [2.75, 3.05) is 0 Å². The van der Waals surface area contributed by atoms with Crippen molar-refractivity contribution in [3.63, 3.8) is 0 Å². The largest absolute Gasteiger partial charge is 0.372 e. The van der Waals surface area contributed by atoms with Crippen LogP contribution < -0.4 is 0 Å². The van der Waals surface area contributed by atoms with Gasteiger partial charge in [-0.15, -0.1) is 45.3 Å². The standard InChI is InChI=1S/C22H6F4O4S4/c23-21(24)17(27)7-5-13(33-15(7)19(21)29)11-3-1-9(31-11)10-2-4-12(32-10)14-6-8-16(34-14)20(30)22(25,26)18(8)28/h1-6H. The molecular formula is C22H6F4O4S4. The van der Waals surface area contributed by atoms with Crippen molar-refractivity contribution < 1.29 is 36.7 Å². The second-order valence-corrected chi connectivity index (χ2v) is 11.8. The average Bonchev–Trinajstić information content (AvgIpc) is 3.61. The van der Waals surface area contributed by atoms with Crippen LogP contribution in [0.15, 0.2) is 36.4 Å². The summed E-state index contributed by atoms with van der Waals surface area (Å²) >= 11 is 4.38. The Morgan fingerprint density at radius 2 is 0.794 bits per heavy atom. The Labute approximate surface area is 203 Å². The smallest absolute Gasteiger partial charge is 0.287 e. The lowest BCUT2D eigenvalue weighted by molar-refractivity contribution is 0.0187. The van der Waals surface area contributed by atoms with Gasteiger partial charge >= 0.3 is 11.8 Å². The minimum absolute atomic E-state index is 0.237. The van der Waals surface area contributed by atoms with Gasteiger partial charge in [0.2, 0.25) is 11.6 Å². The van der Waals surface area contributed by atoms with E-state index >= 15 is 0 Å². The summed E-state index contributed by atoms with van der Waals surface area (Å²) in [5.41, 5.74) is -0.521. The summed E-state index contributed by atoms with van der Waals surface area (Å²) in [6.07, 6.45) is 0. The van der Waals surface area contributed by atoms with Crippen LogP contribution >= 0.6 is 45.3 Å². The third-order valence-corrected chi connectivity index (χ3v) is 10.5. The highest BCUT2D eigenvalue weighted by molar-refractivity contribution is 7.29. The van der Waals surface area contributed by atoms with E-state index in [1.807, 2.05) is 0 Å². The third kappa shape index (κ3) is 2.79. The number of halogens is 4. The first-order valence-corrected chi connectivity index (χ1v) is 12.7. The third-order valence-electron chi connectivity index (χ3n) is 5.45. The highest BCUT2D eigenvalue weighted by Crippen LogP contribution is 2.48. The highest BCUT2D eigenvalue weighted by atomic mass is 32.1. The lowest BCUT2D eigenvalue weighted by atomic mass is 10.2. The molecule has 12 heteroatoms. The van der Waals surface area contributed by atoms with Crippen molar-refractivity contribution in [1.29, 1.82) is 0 Å². The second-order valence-electron chi connectivity index (χ2n) is 7.50. The van der Waals surface area contributed by atoms with Crippen LogP contribution in [0.2, 0.25) is 0 Å². The molecule has 6 rings (SSSR count). The second kappa shape index (κ2) is 6.87. The summed E-state index contributed by atoms with van der Waals surface area (Å²) in [6, 6.07) is 9.75. The minimum atomic E-state index is -4.00. The Kier molecular flexibility index (Phi) is 4.39. The Bertz CT molecular complexity index is 1410. The number of carbonyl (C=O) groups is 4. The molecule has 2 aliphatic rings. The first-order chi connectivity index (χ1) is 16.0. The van der Waals surface area contributed by atoms with Crippen LogP contribution in [0.5, 0.6) is 0 Å². The van der Waals surface area contributed by atoms with E-state index in [2.05, 4.69) is 0 Å². The number of alkyl halides is 4. The van der Waals surface area contributed by atoms with E-state index in [1.54, 1.807) is 24.3 Å². The van der Waals surface area contributed by atoms with Crippen LogP contribution in [-0.2, 0) is 0 Å². The summed E-state index contributed by atoms with van der Waals surface area (Å²) in [7, 11) is 0. The zero-order valence-electron chi connectivity index (χ0n) is 16.2. The molecule has 0 radical (unpaired) electrons. The van der Waals surface area contributed by atoms with E-state index < -0.39 is 35.0 Å². The molecule has 0 spiro atoms. The number of Topliss-reactive ketones (excluding diaryl/α,β-unsaturated/α-hetero) is 4. The van der Waals surface area contributed by atoms with Gasteiger partial charge in [0.1, 0.15) is 0 Å². The molecule has 170 valence electrons. The quantitative estimate of drug-likeness (QED) is 0.209. The van der Waals surface area contributed by atoms with E-state index in [4.69, 9.17) is 0 Å². The van der Waals surface area contributed by atoms with Gasteiger partial charge in [-0.05, 0) is 36.4 Å². The fourth-order valence-corrected chi connectivity index (χ4v) is 8.25. The Balaban J connectivity index is 1.29. The molecule has 4 nitrogen and oxygen atoms in total. The Morgan fingerprint density at radius 1 is 0.471 bits per heavy atom. The maximum atomic E-state index is 13.6. The molecule has 0 amide bonds. The van der Waals surface area contributed by atoms with Gasteiger partial charge in [-0.3, -0.25) is 19.2 Å². The first kappa shape index (κ1) is 21.7.